The Hall–Kier alpha value is -1.59. The molecule has 0 radical (unpaired) electrons. The quantitative estimate of drug-likeness (QED) is 0.839. The molecule has 1 aromatic carbocycles. The molecule has 2 N–H and O–H groups in total. The van der Waals surface area contributed by atoms with E-state index >= 15 is 0 Å². The smallest absolute Gasteiger partial charge is 0.407 e. The van der Waals surface area contributed by atoms with Crippen LogP contribution >= 0.6 is 0 Å². The van der Waals surface area contributed by atoms with Crippen molar-refractivity contribution >= 4 is 6.09 Å². The molecule has 1 saturated heterocycles. The topological polar surface area (TPSA) is 61.8 Å². The predicted molar refractivity (Wildman–Crippen MR) is 95.0 cm³/mol. The fourth-order valence-corrected chi connectivity index (χ4v) is 2.97. The number of alkyl carbamates (subject to hydrolysis) is 1. The molecule has 5 heteroatoms. The molecule has 1 amide bonds. The van der Waals surface area contributed by atoms with E-state index < -0.39 is 17.8 Å². The van der Waals surface area contributed by atoms with Crippen LogP contribution in [0.1, 0.15) is 39.2 Å². The lowest BCUT2D eigenvalue weighted by Crippen LogP contribution is -2.50. The minimum absolute atomic E-state index is 0.372. The number of hydrogen-bond donors (Lipinski definition) is 2. The largest absolute Gasteiger partial charge is 0.444 e. The zero-order valence-corrected chi connectivity index (χ0v) is 15.0. The van der Waals surface area contributed by atoms with Crippen molar-refractivity contribution in [2.45, 2.75) is 57.8 Å². The summed E-state index contributed by atoms with van der Waals surface area (Å²) < 4.78 is 5.35. The van der Waals surface area contributed by atoms with Crippen LogP contribution in [0, 0.1) is 0 Å². The van der Waals surface area contributed by atoms with Crippen LogP contribution in [0.5, 0.6) is 0 Å². The molecule has 1 heterocycles. The van der Waals surface area contributed by atoms with Crippen LogP contribution < -0.4 is 5.32 Å². The molecule has 5 nitrogen and oxygen atoms in total. The number of nitrogens with one attached hydrogen (secondary N) is 1. The lowest BCUT2D eigenvalue weighted by Gasteiger charge is -2.29. The van der Waals surface area contributed by atoms with Crippen LogP contribution in [-0.4, -0.2) is 53.5 Å². The highest BCUT2D eigenvalue weighted by molar-refractivity contribution is 5.68. The normalized spacial score (nSPS) is 18.2. The number of rotatable bonds is 6. The molecular formula is C19H30N2O3. The second-order valence-electron chi connectivity index (χ2n) is 7.52. The molecule has 1 aliphatic rings. The highest BCUT2D eigenvalue weighted by atomic mass is 16.6. The van der Waals surface area contributed by atoms with Crippen LogP contribution in [0.25, 0.3) is 0 Å². The van der Waals surface area contributed by atoms with Crippen LogP contribution in [0.4, 0.5) is 4.79 Å². The van der Waals surface area contributed by atoms with Crippen molar-refractivity contribution in [3.8, 4) is 0 Å². The summed E-state index contributed by atoms with van der Waals surface area (Å²) in [6.07, 6.45) is 1.82. The Morgan fingerprint density at radius 2 is 1.88 bits per heavy atom. The highest BCUT2D eigenvalue weighted by Crippen LogP contribution is 2.13. The molecule has 24 heavy (non-hydrogen) atoms. The molecule has 0 spiro atoms. The average molecular weight is 334 g/mol. The van der Waals surface area contributed by atoms with E-state index in [2.05, 4.69) is 10.2 Å². The van der Waals surface area contributed by atoms with E-state index in [1.54, 1.807) is 0 Å². The predicted octanol–water partition coefficient (Wildman–Crippen LogP) is 2.58. The zero-order chi connectivity index (χ0) is 17.6. The monoisotopic (exact) mass is 334 g/mol. The lowest BCUT2D eigenvalue weighted by atomic mass is 10.0. The van der Waals surface area contributed by atoms with Gasteiger partial charge in [-0.1, -0.05) is 30.3 Å². The van der Waals surface area contributed by atoms with Gasteiger partial charge < -0.3 is 20.1 Å². The van der Waals surface area contributed by atoms with Crippen LogP contribution in [0.3, 0.4) is 0 Å². The summed E-state index contributed by atoms with van der Waals surface area (Å²) in [7, 11) is 0. The van der Waals surface area contributed by atoms with Crippen molar-refractivity contribution in [3.05, 3.63) is 35.9 Å². The van der Waals surface area contributed by atoms with Gasteiger partial charge in [-0.25, -0.2) is 4.79 Å². The van der Waals surface area contributed by atoms with Crippen molar-refractivity contribution < 1.29 is 14.6 Å². The highest BCUT2D eigenvalue weighted by Gasteiger charge is 2.27. The Kier molecular flexibility index (Phi) is 6.63. The maximum absolute atomic E-state index is 12.1. The number of nitrogens with zero attached hydrogens (tertiary/aromatic N) is 1. The van der Waals surface area contributed by atoms with Gasteiger partial charge in [0.1, 0.15) is 5.60 Å². The van der Waals surface area contributed by atoms with Gasteiger partial charge in [0, 0.05) is 6.54 Å². The van der Waals surface area contributed by atoms with Gasteiger partial charge in [-0.15, -0.1) is 0 Å². The second-order valence-corrected chi connectivity index (χ2v) is 7.52. The summed E-state index contributed by atoms with van der Waals surface area (Å²) in [5.74, 6) is 0. The first-order valence-electron chi connectivity index (χ1n) is 8.77. The number of β-amino-alcohol motifs (C(OH)–C–C–N with tert-alkyl or cyclic N) is 1. The number of benzene rings is 1. The average Bonchev–Trinajstić information content (AvgIpc) is 2.98. The first kappa shape index (κ1) is 18.7. The number of carbonyl (C=O) groups is 1. The first-order valence-corrected chi connectivity index (χ1v) is 8.77. The number of aliphatic hydroxyl groups excluding tert-OH is 1. The fourth-order valence-electron chi connectivity index (χ4n) is 2.97. The Morgan fingerprint density at radius 1 is 1.25 bits per heavy atom. The molecule has 1 aliphatic heterocycles. The van der Waals surface area contributed by atoms with E-state index in [4.69, 9.17) is 4.74 Å². The second kappa shape index (κ2) is 8.49. The van der Waals surface area contributed by atoms with E-state index in [1.807, 2.05) is 51.1 Å². The summed E-state index contributed by atoms with van der Waals surface area (Å²) in [4.78, 5) is 14.4. The van der Waals surface area contributed by atoms with Crippen LogP contribution in [0.2, 0.25) is 0 Å². The number of carbonyl (C=O) groups excluding carboxylic acids is 1. The lowest BCUT2D eigenvalue weighted by molar-refractivity contribution is 0.0379. The Labute approximate surface area is 145 Å². The van der Waals surface area contributed by atoms with Gasteiger partial charge in [0.05, 0.1) is 12.1 Å². The van der Waals surface area contributed by atoms with Crippen molar-refractivity contribution in [1.29, 1.82) is 0 Å². The van der Waals surface area contributed by atoms with E-state index in [1.165, 1.54) is 12.8 Å². The molecule has 0 unspecified atom stereocenters. The van der Waals surface area contributed by atoms with E-state index in [-0.39, 0.29) is 6.04 Å². The molecular weight excluding hydrogens is 304 g/mol. The maximum atomic E-state index is 12.1. The van der Waals surface area contributed by atoms with Gasteiger partial charge in [-0.3, -0.25) is 0 Å². The Bertz CT molecular complexity index is 507. The third-order valence-electron chi connectivity index (χ3n) is 4.11. The number of aliphatic hydroxyl groups is 1. The summed E-state index contributed by atoms with van der Waals surface area (Å²) >= 11 is 0. The van der Waals surface area contributed by atoms with Crippen molar-refractivity contribution in [2.75, 3.05) is 19.6 Å². The van der Waals surface area contributed by atoms with Crippen molar-refractivity contribution in [3.63, 3.8) is 0 Å². The molecule has 0 bridgehead atoms. The van der Waals surface area contributed by atoms with Gasteiger partial charge in [-0.2, -0.15) is 0 Å². The van der Waals surface area contributed by atoms with E-state index in [9.17, 15) is 9.90 Å². The number of amides is 1. The Morgan fingerprint density at radius 3 is 2.46 bits per heavy atom. The molecule has 0 aliphatic carbocycles. The van der Waals surface area contributed by atoms with Crippen LogP contribution in [0.15, 0.2) is 30.3 Å². The fraction of sp³-hybridized carbons (Fsp3) is 0.632. The summed E-state index contributed by atoms with van der Waals surface area (Å²) in [5, 5.41) is 13.5. The molecule has 0 aromatic heterocycles. The van der Waals surface area contributed by atoms with Crippen LogP contribution in [-0.2, 0) is 11.2 Å². The number of hydrogen-bond acceptors (Lipinski definition) is 4. The minimum atomic E-state index is -0.629. The van der Waals surface area contributed by atoms with Gasteiger partial charge in [0.25, 0.3) is 0 Å². The third kappa shape index (κ3) is 6.49. The Balaban J connectivity index is 2.00. The molecule has 2 atom stereocenters. The molecule has 1 aromatic rings. The standard InChI is InChI=1S/C19H30N2O3/c1-19(2,3)24-18(23)20-16(13-15-9-5-4-6-10-15)17(22)14-21-11-7-8-12-21/h4-6,9-10,16-17,22H,7-8,11-14H2,1-3H3,(H,20,23)/t16-,17+/m1/s1. The third-order valence-corrected chi connectivity index (χ3v) is 4.11. The molecule has 1 fully saturated rings. The van der Waals surface area contributed by atoms with E-state index in [0.717, 1.165) is 18.7 Å². The minimum Gasteiger partial charge on any atom is -0.444 e. The number of ether oxygens (including phenoxy) is 1. The molecule has 134 valence electrons. The summed E-state index contributed by atoms with van der Waals surface area (Å²) in [6, 6.07) is 9.53. The van der Waals surface area contributed by atoms with Crippen molar-refractivity contribution in [1.82, 2.24) is 10.2 Å². The maximum Gasteiger partial charge on any atom is 0.407 e. The first-order chi connectivity index (χ1) is 11.3. The SMILES string of the molecule is CC(C)(C)OC(=O)N[C@H](Cc1ccccc1)[C@@H](O)CN1CCCC1. The van der Waals surface area contributed by atoms with Crippen molar-refractivity contribution in [2.24, 2.45) is 0 Å². The summed E-state index contributed by atoms with van der Waals surface area (Å²) in [6.45, 7) is 8.11. The number of likely N-dealkylation sites (tertiary alicyclic amines) is 1. The molecule has 2 rings (SSSR count). The molecule has 0 saturated carbocycles. The van der Waals surface area contributed by atoms with Gasteiger partial charge >= 0.3 is 6.09 Å². The van der Waals surface area contributed by atoms with Gasteiger partial charge in [0.2, 0.25) is 0 Å². The summed E-state index contributed by atoms with van der Waals surface area (Å²) in [5.41, 5.74) is 0.528. The van der Waals surface area contributed by atoms with Gasteiger partial charge in [-0.05, 0) is 58.7 Å². The van der Waals surface area contributed by atoms with Gasteiger partial charge in [0.15, 0.2) is 0 Å². The zero-order valence-electron chi connectivity index (χ0n) is 15.0. The van der Waals surface area contributed by atoms with E-state index in [0.29, 0.717) is 13.0 Å².